The summed E-state index contributed by atoms with van der Waals surface area (Å²) < 4.78 is 0. The molecule has 0 radical (unpaired) electrons. The number of nitrogens with one attached hydrogen (secondary N) is 4. The molecule has 10 nitrogen and oxygen atoms in total. The second kappa shape index (κ2) is 10.2. The van der Waals surface area contributed by atoms with Crippen LogP contribution in [0, 0.1) is 17.8 Å². The molecule has 0 spiro atoms. The van der Waals surface area contributed by atoms with Gasteiger partial charge in [0.25, 0.3) is 0 Å². The zero-order valence-electron chi connectivity index (χ0n) is 16.8. The minimum atomic E-state index is -1.32. The fraction of sp³-hybridized carbons (Fsp3) is 0.737. The Labute approximate surface area is 169 Å². The van der Waals surface area contributed by atoms with E-state index in [4.69, 9.17) is 5.11 Å². The summed E-state index contributed by atoms with van der Waals surface area (Å²) in [5.74, 6) is -1.54. The molecular formula is C19H30N4O6. The van der Waals surface area contributed by atoms with Crippen LogP contribution < -0.4 is 21.3 Å². The van der Waals surface area contributed by atoms with Crippen molar-refractivity contribution in [1.29, 1.82) is 0 Å². The molecule has 2 aliphatic rings. The van der Waals surface area contributed by atoms with Gasteiger partial charge >= 0.3 is 6.09 Å². The van der Waals surface area contributed by atoms with Crippen LogP contribution in [0.4, 0.5) is 4.79 Å². The van der Waals surface area contributed by atoms with E-state index in [1.54, 1.807) is 13.8 Å². The molecule has 0 aromatic rings. The van der Waals surface area contributed by atoms with Crippen molar-refractivity contribution in [2.24, 2.45) is 17.8 Å². The van der Waals surface area contributed by atoms with Gasteiger partial charge in [-0.15, -0.1) is 0 Å². The zero-order valence-corrected chi connectivity index (χ0v) is 16.8. The van der Waals surface area contributed by atoms with Crippen molar-refractivity contribution in [2.45, 2.75) is 64.1 Å². The first kappa shape index (κ1) is 22.6. The van der Waals surface area contributed by atoms with Gasteiger partial charge in [0, 0.05) is 12.5 Å². The lowest BCUT2D eigenvalue weighted by atomic mass is 9.98. The third-order valence-corrected chi connectivity index (χ3v) is 5.32. The first-order valence-electron chi connectivity index (χ1n) is 10.0. The number of amides is 4. The Balaban J connectivity index is 2.00. The molecule has 4 amide bonds. The Bertz CT molecular complexity index is 649. The lowest BCUT2D eigenvalue weighted by molar-refractivity contribution is -0.132. The number of rotatable bonds is 11. The van der Waals surface area contributed by atoms with Gasteiger partial charge < -0.3 is 31.2 Å². The highest BCUT2D eigenvalue weighted by Crippen LogP contribution is 2.33. The zero-order chi connectivity index (χ0) is 21.6. The predicted octanol–water partition coefficient (Wildman–Crippen LogP) is -0.227. The van der Waals surface area contributed by atoms with E-state index in [0.29, 0.717) is 31.6 Å². The number of hydrogen-bond acceptors (Lipinski definition) is 5. The summed E-state index contributed by atoms with van der Waals surface area (Å²) in [4.78, 5) is 59.4. The third-order valence-electron chi connectivity index (χ3n) is 5.32. The molecule has 10 heteroatoms. The molecule has 29 heavy (non-hydrogen) atoms. The summed E-state index contributed by atoms with van der Waals surface area (Å²) >= 11 is 0. The second-order valence-corrected chi connectivity index (χ2v) is 8.17. The fourth-order valence-electron chi connectivity index (χ4n) is 3.46. The Morgan fingerprint density at radius 1 is 1.10 bits per heavy atom. The number of hydrogen-bond donors (Lipinski definition) is 5. The van der Waals surface area contributed by atoms with E-state index in [1.165, 1.54) is 0 Å². The highest BCUT2D eigenvalue weighted by Gasteiger charge is 2.35. The molecule has 0 aromatic carbocycles. The average Bonchev–Trinajstić information content (AvgIpc) is 3.38. The number of carboxylic acid groups (broad SMARTS) is 1. The molecule has 0 bridgehead atoms. The molecule has 4 atom stereocenters. The van der Waals surface area contributed by atoms with Crippen LogP contribution in [0.3, 0.4) is 0 Å². The Kier molecular flexibility index (Phi) is 7.98. The second-order valence-electron chi connectivity index (χ2n) is 8.17. The maximum absolute atomic E-state index is 12.8. The van der Waals surface area contributed by atoms with Crippen molar-refractivity contribution in [3.8, 4) is 0 Å². The normalized spacial score (nSPS) is 21.6. The van der Waals surface area contributed by atoms with Crippen LogP contribution in [0.5, 0.6) is 0 Å². The van der Waals surface area contributed by atoms with Crippen LogP contribution >= 0.6 is 0 Å². The molecule has 2 fully saturated rings. The molecule has 162 valence electrons. The van der Waals surface area contributed by atoms with Gasteiger partial charge in [0.15, 0.2) is 0 Å². The molecule has 1 saturated carbocycles. The number of aldehydes is 1. The molecule has 0 unspecified atom stereocenters. The van der Waals surface area contributed by atoms with E-state index in [0.717, 1.165) is 12.8 Å². The quantitative estimate of drug-likeness (QED) is 0.297. The molecule has 1 saturated heterocycles. The average molecular weight is 410 g/mol. The lowest BCUT2D eigenvalue weighted by Gasteiger charge is -2.25. The molecule has 1 heterocycles. The highest BCUT2D eigenvalue weighted by atomic mass is 16.4. The first-order chi connectivity index (χ1) is 13.7. The fourth-order valence-corrected chi connectivity index (χ4v) is 3.46. The van der Waals surface area contributed by atoms with Crippen LogP contribution in [0.15, 0.2) is 0 Å². The topological polar surface area (TPSA) is 154 Å². The van der Waals surface area contributed by atoms with E-state index in [1.807, 2.05) is 0 Å². The van der Waals surface area contributed by atoms with Gasteiger partial charge in [-0.25, -0.2) is 4.79 Å². The molecule has 2 rings (SSSR count). The first-order valence-corrected chi connectivity index (χ1v) is 10.0. The van der Waals surface area contributed by atoms with E-state index in [9.17, 15) is 24.0 Å². The van der Waals surface area contributed by atoms with Crippen LogP contribution in [-0.4, -0.2) is 59.9 Å². The van der Waals surface area contributed by atoms with Crippen LogP contribution in [0.25, 0.3) is 0 Å². The molecule has 1 aliphatic carbocycles. The van der Waals surface area contributed by atoms with Gasteiger partial charge in [0.2, 0.25) is 17.7 Å². The van der Waals surface area contributed by atoms with E-state index in [-0.39, 0.29) is 24.2 Å². The summed E-state index contributed by atoms with van der Waals surface area (Å²) in [7, 11) is 0. The summed E-state index contributed by atoms with van der Waals surface area (Å²) in [6.07, 6.45) is 2.43. The molecule has 1 aliphatic heterocycles. The largest absolute Gasteiger partial charge is 0.465 e. The Hall–Kier alpha value is -2.65. The highest BCUT2D eigenvalue weighted by molar-refractivity contribution is 5.92. The van der Waals surface area contributed by atoms with Crippen LogP contribution in [0.2, 0.25) is 0 Å². The van der Waals surface area contributed by atoms with Crippen molar-refractivity contribution < 1.29 is 29.1 Å². The van der Waals surface area contributed by atoms with Crippen molar-refractivity contribution in [1.82, 2.24) is 21.3 Å². The van der Waals surface area contributed by atoms with Gasteiger partial charge in [0.1, 0.15) is 18.4 Å². The maximum atomic E-state index is 12.8. The van der Waals surface area contributed by atoms with Gasteiger partial charge in [0.05, 0.1) is 6.04 Å². The van der Waals surface area contributed by atoms with Crippen molar-refractivity contribution in [3.63, 3.8) is 0 Å². The van der Waals surface area contributed by atoms with E-state index >= 15 is 0 Å². The van der Waals surface area contributed by atoms with Crippen LogP contribution in [0.1, 0.15) is 46.0 Å². The smallest absolute Gasteiger partial charge is 0.405 e. The third kappa shape index (κ3) is 7.03. The van der Waals surface area contributed by atoms with Crippen LogP contribution in [-0.2, 0) is 19.2 Å². The van der Waals surface area contributed by atoms with E-state index < -0.39 is 36.0 Å². The van der Waals surface area contributed by atoms with Gasteiger partial charge in [-0.2, -0.15) is 0 Å². The summed E-state index contributed by atoms with van der Waals surface area (Å²) in [5.41, 5.74) is 0. The van der Waals surface area contributed by atoms with Gasteiger partial charge in [-0.1, -0.05) is 26.7 Å². The Morgan fingerprint density at radius 2 is 1.79 bits per heavy atom. The predicted molar refractivity (Wildman–Crippen MR) is 103 cm³/mol. The number of carbonyl (C=O) groups excluding carboxylic acids is 4. The van der Waals surface area contributed by atoms with Gasteiger partial charge in [-0.3, -0.25) is 14.4 Å². The van der Waals surface area contributed by atoms with Crippen molar-refractivity contribution >= 4 is 30.1 Å². The van der Waals surface area contributed by atoms with Crippen molar-refractivity contribution in [3.05, 3.63) is 0 Å². The minimum Gasteiger partial charge on any atom is -0.465 e. The summed E-state index contributed by atoms with van der Waals surface area (Å²) in [6.45, 7) is 3.95. The van der Waals surface area contributed by atoms with E-state index in [2.05, 4.69) is 21.3 Å². The lowest BCUT2D eigenvalue weighted by Crippen LogP contribution is -2.56. The molecule has 5 N–H and O–H groups in total. The summed E-state index contributed by atoms with van der Waals surface area (Å²) in [6, 6.07) is -2.69. The monoisotopic (exact) mass is 410 g/mol. The summed E-state index contributed by atoms with van der Waals surface area (Å²) in [5, 5.41) is 19.1. The van der Waals surface area contributed by atoms with Gasteiger partial charge in [-0.05, 0) is 31.1 Å². The minimum absolute atomic E-state index is 0.131. The number of carbonyl (C=O) groups is 5. The van der Waals surface area contributed by atoms with Crippen molar-refractivity contribution in [2.75, 3.05) is 6.54 Å². The standard InChI is InChI=1S/C19H30N4O6/c1-10(2)15(23-19(28)29)18(27)22-14(7-11-3-4-11)17(26)21-13(9-24)8-12-5-6-20-16(12)25/h9-15,23H,3-8H2,1-2H3,(H,20,25)(H,21,26)(H,22,27)(H,28,29)/t12-,13-,14-,15-/m0/s1. The molecular weight excluding hydrogens is 380 g/mol. The SMILES string of the molecule is CC(C)[C@H](NC(=O)O)C(=O)N[C@@H](CC1CC1)C(=O)N[C@H](C=O)C[C@@H]1CCNC1=O. The Morgan fingerprint density at radius 3 is 2.28 bits per heavy atom. The maximum Gasteiger partial charge on any atom is 0.405 e. The molecule has 0 aromatic heterocycles.